The average molecular weight is 325 g/mol. The number of hydrogen-bond donors (Lipinski definition) is 1. The largest absolute Gasteiger partial charge is 0.350 e. The molecule has 1 aliphatic carbocycles. The molecule has 0 heterocycles. The molecule has 1 N–H and O–H groups in total. The van der Waals surface area contributed by atoms with Gasteiger partial charge in [-0.15, -0.1) is 0 Å². The van der Waals surface area contributed by atoms with Crippen molar-refractivity contribution in [3.05, 3.63) is 33.8 Å². The minimum atomic E-state index is 0.00343. The van der Waals surface area contributed by atoms with Gasteiger partial charge in [-0.05, 0) is 67.8 Å². The van der Waals surface area contributed by atoms with Gasteiger partial charge in [0.25, 0.3) is 5.91 Å². The summed E-state index contributed by atoms with van der Waals surface area (Å²) in [5.74, 6) is 0.00343. The summed E-state index contributed by atoms with van der Waals surface area (Å²) in [5.41, 5.74) is 1.96. The number of carbonyl (C=O) groups excluding carboxylic acids is 1. The maximum atomic E-state index is 12.3. The highest BCUT2D eigenvalue weighted by Crippen LogP contribution is 2.35. The van der Waals surface area contributed by atoms with Crippen LogP contribution in [0.1, 0.15) is 35.2 Å². The third kappa shape index (κ3) is 2.84. The molecule has 1 fully saturated rings. The van der Waals surface area contributed by atoms with E-state index in [9.17, 15) is 4.79 Å². The summed E-state index contributed by atoms with van der Waals surface area (Å²) in [6.45, 7) is 2.72. The zero-order chi connectivity index (χ0) is 14.0. The van der Waals surface area contributed by atoms with Crippen molar-refractivity contribution in [1.82, 2.24) is 10.2 Å². The average Bonchev–Trinajstić information content (AvgIpc) is 2.30. The van der Waals surface area contributed by atoms with Crippen molar-refractivity contribution in [3.8, 4) is 0 Å². The molecule has 104 valence electrons. The van der Waals surface area contributed by atoms with Crippen LogP contribution in [-0.2, 0) is 0 Å². The Labute approximate surface area is 123 Å². The zero-order valence-corrected chi connectivity index (χ0v) is 13.4. The number of nitrogens with one attached hydrogen (secondary N) is 1. The van der Waals surface area contributed by atoms with Gasteiger partial charge in [0.1, 0.15) is 0 Å². The lowest BCUT2D eigenvalue weighted by atomic mass is 9.75. The molecule has 0 saturated heterocycles. The molecule has 1 amide bonds. The van der Waals surface area contributed by atoms with Crippen LogP contribution in [0, 0.1) is 6.92 Å². The highest BCUT2D eigenvalue weighted by atomic mass is 79.9. The molecular formula is C15H21BrN2O. The second-order valence-electron chi connectivity index (χ2n) is 5.59. The molecule has 1 aromatic carbocycles. The predicted octanol–water partition coefficient (Wildman–Crippen LogP) is 2.97. The maximum Gasteiger partial charge on any atom is 0.252 e. The van der Waals surface area contributed by atoms with Gasteiger partial charge in [0, 0.05) is 16.6 Å². The van der Waals surface area contributed by atoms with E-state index in [0.717, 1.165) is 29.4 Å². The normalized spacial score (nSPS) is 17.1. The van der Waals surface area contributed by atoms with Crippen LogP contribution in [0.25, 0.3) is 0 Å². The van der Waals surface area contributed by atoms with Gasteiger partial charge in [-0.25, -0.2) is 0 Å². The van der Waals surface area contributed by atoms with Gasteiger partial charge in [0.2, 0.25) is 0 Å². The highest BCUT2D eigenvalue weighted by Gasteiger charge is 2.39. The standard InChI is InChI=1S/C15H21BrN2O/c1-11-6-4-7-12(13(11)16)14(19)17-10-15(18(2)3)8-5-9-15/h4,6-7H,5,8-10H2,1-3H3,(H,17,19). The Morgan fingerprint density at radius 3 is 2.63 bits per heavy atom. The lowest BCUT2D eigenvalue weighted by Crippen LogP contribution is -2.57. The lowest BCUT2D eigenvalue weighted by Gasteiger charge is -2.47. The highest BCUT2D eigenvalue weighted by molar-refractivity contribution is 9.10. The van der Waals surface area contributed by atoms with Crippen LogP contribution in [0.4, 0.5) is 0 Å². The monoisotopic (exact) mass is 324 g/mol. The topological polar surface area (TPSA) is 32.3 Å². The number of benzene rings is 1. The minimum Gasteiger partial charge on any atom is -0.350 e. The van der Waals surface area contributed by atoms with E-state index in [0.29, 0.717) is 5.56 Å². The van der Waals surface area contributed by atoms with Gasteiger partial charge in [-0.2, -0.15) is 0 Å². The second-order valence-corrected chi connectivity index (χ2v) is 6.38. The number of nitrogens with zero attached hydrogens (tertiary/aromatic N) is 1. The fourth-order valence-electron chi connectivity index (χ4n) is 2.53. The molecule has 0 radical (unpaired) electrons. The quantitative estimate of drug-likeness (QED) is 0.923. The number of likely N-dealkylation sites (N-methyl/N-ethyl adjacent to an activating group) is 1. The van der Waals surface area contributed by atoms with Crippen LogP contribution in [-0.4, -0.2) is 37.0 Å². The molecule has 2 rings (SSSR count). The molecular weight excluding hydrogens is 304 g/mol. The summed E-state index contributed by atoms with van der Waals surface area (Å²) in [4.78, 5) is 14.5. The van der Waals surface area contributed by atoms with Crippen LogP contribution >= 0.6 is 15.9 Å². The molecule has 1 aliphatic rings. The van der Waals surface area contributed by atoms with E-state index in [1.54, 1.807) is 0 Å². The first kappa shape index (κ1) is 14.5. The van der Waals surface area contributed by atoms with Crippen LogP contribution in [0.15, 0.2) is 22.7 Å². The van der Waals surface area contributed by atoms with Crippen LogP contribution in [0.5, 0.6) is 0 Å². The Morgan fingerprint density at radius 2 is 2.11 bits per heavy atom. The fourth-order valence-corrected chi connectivity index (χ4v) is 2.97. The zero-order valence-electron chi connectivity index (χ0n) is 11.8. The first-order chi connectivity index (χ1) is 8.96. The molecule has 0 unspecified atom stereocenters. The number of halogens is 1. The molecule has 3 nitrogen and oxygen atoms in total. The van der Waals surface area contributed by atoms with E-state index in [-0.39, 0.29) is 11.4 Å². The third-order valence-corrected chi connectivity index (χ3v) is 5.30. The molecule has 1 saturated carbocycles. The molecule has 19 heavy (non-hydrogen) atoms. The first-order valence-electron chi connectivity index (χ1n) is 6.67. The molecule has 1 aromatic rings. The third-order valence-electron chi connectivity index (χ3n) is 4.25. The van der Waals surface area contributed by atoms with Gasteiger partial charge in [-0.3, -0.25) is 4.79 Å². The predicted molar refractivity (Wildman–Crippen MR) is 81.5 cm³/mol. The Bertz CT molecular complexity index is 481. The molecule has 0 bridgehead atoms. The minimum absolute atomic E-state index is 0.00343. The Morgan fingerprint density at radius 1 is 1.42 bits per heavy atom. The van der Waals surface area contributed by atoms with E-state index in [4.69, 9.17) is 0 Å². The van der Waals surface area contributed by atoms with Crippen molar-refractivity contribution < 1.29 is 4.79 Å². The van der Waals surface area contributed by atoms with Crippen LogP contribution in [0.3, 0.4) is 0 Å². The summed E-state index contributed by atoms with van der Waals surface area (Å²) >= 11 is 3.49. The number of hydrogen-bond acceptors (Lipinski definition) is 2. The second kappa shape index (κ2) is 5.63. The number of rotatable bonds is 4. The first-order valence-corrected chi connectivity index (χ1v) is 7.46. The van der Waals surface area contributed by atoms with E-state index >= 15 is 0 Å². The van der Waals surface area contributed by atoms with E-state index < -0.39 is 0 Å². The van der Waals surface area contributed by atoms with Gasteiger partial charge >= 0.3 is 0 Å². The van der Waals surface area contributed by atoms with Gasteiger partial charge in [0.05, 0.1) is 5.56 Å². The van der Waals surface area contributed by atoms with Crippen molar-refractivity contribution in [2.75, 3.05) is 20.6 Å². The number of aryl methyl sites for hydroxylation is 1. The van der Waals surface area contributed by atoms with Crippen molar-refractivity contribution in [2.24, 2.45) is 0 Å². The van der Waals surface area contributed by atoms with Crippen LogP contribution < -0.4 is 5.32 Å². The van der Waals surface area contributed by atoms with Crippen molar-refractivity contribution >= 4 is 21.8 Å². The summed E-state index contributed by atoms with van der Waals surface area (Å²) in [6.07, 6.45) is 3.58. The summed E-state index contributed by atoms with van der Waals surface area (Å²) in [7, 11) is 4.18. The summed E-state index contributed by atoms with van der Waals surface area (Å²) in [5, 5.41) is 3.08. The van der Waals surface area contributed by atoms with Gasteiger partial charge in [-0.1, -0.05) is 12.1 Å². The van der Waals surface area contributed by atoms with Gasteiger partial charge < -0.3 is 10.2 Å². The van der Waals surface area contributed by atoms with E-state index in [1.165, 1.54) is 6.42 Å². The van der Waals surface area contributed by atoms with Crippen molar-refractivity contribution in [1.29, 1.82) is 0 Å². The molecule has 0 aromatic heterocycles. The summed E-state index contributed by atoms with van der Waals surface area (Å²) < 4.78 is 0.889. The fraction of sp³-hybridized carbons (Fsp3) is 0.533. The SMILES string of the molecule is Cc1cccc(C(=O)NCC2(N(C)C)CCC2)c1Br. The van der Waals surface area contributed by atoms with Crippen molar-refractivity contribution in [2.45, 2.75) is 31.7 Å². The van der Waals surface area contributed by atoms with Crippen LogP contribution in [0.2, 0.25) is 0 Å². The molecule has 0 atom stereocenters. The van der Waals surface area contributed by atoms with Gasteiger partial charge in [0.15, 0.2) is 0 Å². The smallest absolute Gasteiger partial charge is 0.252 e. The Kier molecular flexibility index (Phi) is 4.31. The molecule has 0 spiro atoms. The van der Waals surface area contributed by atoms with E-state index in [1.807, 2.05) is 25.1 Å². The molecule has 4 heteroatoms. The maximum absolute atomic E-state index is 12.3. The molecule has 0 aliphatic heterocycles. The van der Waals surface area contributed by atoms with Crippen molar-refractivity contribution in [3.63, 3.8) is 0 Å². The number of amides is 1. The summed E-state index contributed by atoms with van der Waals surface area (Å²) in [6, 6.07) is 5.77. The lowest BCUT2D eigenvalue weighted by molar-refractivity contribution is 0.0557. The Balaban J connectivity index is 2.04. The van der Waals surface area contributed by atoms with E-state index in [2.05, 4.69) is 40.2 Å². The number of carbonyl (C=O) groups is 1. The Hall–Kier alpha value is -0.870.